The lowest BCUT2D eigenvalue weighted by Gasteiger charge is -2.10. The fraction of sp³-hybridized carbons (Fsp3) is 0.136. The zero-order valence-electron chi connectivity index (χ0n) is 16.0. The summed E-state index contributed by atoms with van der Waals surface area (Å²) in [5.41, 5.74) is 4.41. The summed E-state index contributed by atoms with van der Waals surface area (Å²) in [6, 6.07) is 15.1. The molecule has 0 atom stereocenters. The Morgan fingerprint density at radius 1 is 1.10 bits per heavy atom. The number of hydrogen-bond acceptors (Lipinski definition) is 4. The average molecular weight is 407 g/mol. The van der Waals surface area contributed by atoms with Crippen molar-refractivity contribution in [1.29, 1.82) is 0 Å². The number of para-hydroxylation sites is 1. The molecule has 29 heavy (non-hydrogen) atoms. The van der Waals surface area contributed by atoms with Crippen LogP contribution in [-0.4, -0.2) is 27.6 Å². The van der Waals surface area contributed by atoms with Crippen LogP contribution in [0.15, 0.2) is 60.9 Å². The Labute approximate surface area is 173 Å². The molecule has 2 aromatic carbocycles. The molecule has 1 amide bonds. The predicted octanol–water partition coefficient (Wildman–Crippen LogP) is 4.30. The maximum Gasteiger partial charge on any atom is 0.254 e. The number of fused-ring (bicyclic) bond motifs is 1. The van der Waals surface area contributed by atoms with E-state index in [0.717, 1.165) is 22.4 Å². The van der Waals surface area contributed by atoms with Crippen LogP contribution in [0.2, 0.25) is 5.02 Å². The Kier molecular flexibility index (Phi) is 5.18. The number of amides is 1. The molecule has 0 aliphatic rings. The first-order valence-electron chi connectivity index (χ1n) is 9.08. The summed E-state index contributed by atoms with van der Waals surface area (Å²) in [6.07, 6.45) is 3.31. The van der Waals surface area contributed by atoms with Gasteiger partial charge in [0.1, 0.15) is 5.75 Å². The van der Waals surface area contributed by atoms with Crippen molar-refractivity contribution in [2.24, 2.45) is 0 Å². The van der Waals surface area contributed by atoms with Crippen LogP contribution in [0.5, 0.6) is 5.75 Å². The minimum absolute atomic E-state index is 0.230. The average Bonchev–Trinajstić information content (AvgIpc) is 3.18. The van der Waals surface area contributed by atoms with Crippen molar-refractivity contribution in [2.45, 2.75) is 13.5 Å². The highest BCUT2D eigenvalue weighted by Gasteiger charge is 2.18. The van der Waals surface area contributed by atoms with E-state index in [1.165, 1.54) is 0 Å². The summed E-state index contributed by atoms with van der Waals surface area (Å²) in [6.45, 7) is 2.18. The van der Waals surface area contributed by atoms with Crippen molar-refractivity contribution < 1.29 is 9.53 Å². The molecule has 7 heteroatoms. The third-order valence-corrected chi connectivity index (χ3v) is 5.17. The van der Waals surface area contributed by atoms with Gasteiger partial charge in [0.2, 0.25) is 0 Å². The van der Waals surface area contributed by atoms with Gasteiger partial charge in [0.25, 0.3) is 5.91 Å². The van der Waals surface area contributed by atoms with E-state index in [0.29, 0.717) is 28.5 Å². The molecule has 4 aromatic rings. The molecule has 0 bridgehead atoms. The van der Waals surface area contributed by atoms with Crippen molar-refractivity contribution in [3.05, 3.63) is 82.8 Å². The van der Waals surface area contributed by atoms with Crippen LogP contribution in [0.25, 0.3) is 16.8 Å². The molecule has 0 aliphatic carbocycles. The molecule has 0 saturated carbocycles. The summed E-state index contributed by atoms with van der Waals surface area (Å²) in [5, 5.41) is 7.95. The second-order valence-corrected chi connectivity index (χ2v) is 6.93. The molecular formula is C22H19ClN4O2. The Balaban J connectivity index is 1.65. The normalized spacial score (nSPS) is 10.9. The molecule has 0 radical (unpaired) electrons. The number of halogens is 1. The van der Waals surface area contributed by atoms with Crippen LogP contribution in [0.3, 0.4) is 0 Å². The van der Waals surface area contributed by atoms with E-state index >= 15 is 0 Å². The molecule has 6 nitrogen and oxygen atoms in total. The van der Waals surface area contributed by atoms with E-state index < -0.39 is 0 Å². The molecule has 0 aliphatic heterocycles. The van der Waals surface area contributed by atoms with E-state index in [-0.39, 0.29) is 5.91 Å². The molecule has 1 N–H and O–H groups in total. The number of carbonyl (C=O) groups is 1. The number of carbonyl (C=O) groups excluding carboxylic acids is 1. The number of methoxy groups -OCH3 is 1. The third-order valence-electron chi connectivity index (χ3n) is 4.81. The van der Waals surface area contributed by atoms with Crippen molar-refractivity contribution in [1.82, 2.24) is 19.9 Å². The molecule has 2 aromatic heterocycles. The second kappa shape index (κ2) is 7.93. The molecule has 146 valence electrons. The lowest BCUT2D eigenvalue weighted by molar-refractivity contribution is 0.0949. The SMILES string of the molecule is COc1ccccc1-c1cnn2c(C)c(C(=O)NCc3ccccc3Cl)cnc12. The monoisotopic (exact) mass is 406 g/mol. The topological polar surface area (TPSA) is 68.5 Å². The van der Waals surface area contributed by atoms with Crippen LogP contribution in [0, 0.1) is 6.92 Å². The maximum absolute atomic E-state index is 12.7. The molecular weight excluding hydrogens is 388 g/mol. The molecule has 4 rings (SSSR count). The minimum Gasteiger partial charge on any atom is -0.496 e. The van der Waals surface area contributed by atoms with Gasteiger partial charge in [-0.05, 0) is 24.6 Å². The van der Waals surface area contributed by atoms with Gasteiger partial charge in [-0.3, -0.25) is 4.79 Å². The first kappa shape index (κ1) is 19.0. The van der Waals surface area contributed by atoms with Crippen LogP contribution < -0.4 is 10.1 Å². The van der Waals surface area contributed by atoms with E-state index in [2.05, 4.69) is 15.4 Å². The number of rotatable bonds is 5. The summed E-state index contributed by atoms with van der Waals surface area (Å²) in [7, 11) is 1.63. The van der Waals surface area contributed by atoms with Gasteiger partial charge in [-0.1, -0.05) is 48.0 Å². The van der Waals surface area contributed by atoms with Crippen molar-refractivity contribution in [3.8, 4) is 16.9 Å². The Bertz CT molecular complexity index is 1200. The predicted molar refractivity (Wildman–Crippen MR) is 112 cm³/mol. The standard InChI is InChI=1S/C22H19ClN4O2/c1-14-17(22(28)25-11-15-7-3-5-9-19(15)23)12-24-21-18(13-26-27(14)21)16-8-4-6-10-20(16)29-2/h3-10,12-13H,11H2,1-2H3,(H,25,28). The molecule has 0 saturated heterocycles. The number of aryl methyl sites for hydroxylation is 1. The highest BCUT2D eigenvalue weighted by atomic mass is 35.5. The number of benzene rings is 2. The third kappa shape index (κ3) is 3.54. The van der Waals surface area contributed by atoms with Crippen LogP contribution in [0.4, 0.5) is 0 Å². The molecule has 0 fully saturated rings. The lowest BCUT2D eigenvalue weighted by atomic mass is 10.1. The largest absolute Gasteiger partial charge is 0.496 e. The number of hydrogen-bond donors (Lipinski definition) is 1. The Morgan fingerprint density at radius 2 is 1.86 bits per heavy atom. The summed E-state index contributed by atoms with van der Waals surface area (Å²) < 4.78 is 7.13. The highest BCUT2D eigenvalue weighted by Crippen LogP contribution is 2.32. The Morgan fingerprint density at radius 3 is 2.66 bits per heavy atom. The molecule has 0 spiro atoms. The summed E-state index contributed by atoms with van der Waals surface area (Å²) >= 11 is 6.16. The van der Waals surface area contributed by atoms with E-state index in [9.17, 15) is 4.79 Å². The zero-order valence-corrected chi connectivity index (χ0v) is 16.8. The van der Waals surface area contributed by atoms with E-state index in [1.54, 1.807) is 30.1 Å². The first-order valence-corrected chi connectivity index (χ1v) is 9.46. The quantitative estimate of drug-likeness (QED) is 0.536. The summed E-state index contributed by atoms with van der Waals surface area (Å²) in [4.78, 5) is 17.2. The van der Waals surface area contributed by atoms with Gasteiger partial charge in [0.15, 0.2) is 5.65 Å². The Hall–Kier alpha value is -3.38. The van der Waals surface area contributed by atoms with Crippen LogP contribution in [-0.2, 0) is 6.54 Å². The van der Waals surface area contributed by atoms with Gasteiger partial charge < -0.3 is 10.1 Å². The maximum atomic E-state index is 12.7. The van der Waals surface area contributed by atoms with Crippen LogP contribution >= 0.6 is 11.6 Å². The van der Waals surface area contributed by atoms with Gasteiger partial charge in [0, 0.05) is 23.3 Å². The van der Waals surface area contributed by atoms with Crippen LogP contribution in [0.1, 0.15) is 21.6 Å². The number of aromatic nitrogens is 3. The summed E-state index contributed by atoms with van der Waals surface area (Å²) in [5.74, 6) is 0.509. The van der Waals surface area contributed by atoms with Gasteiger partial charge in [-0.25, -0.2) is 9.50 Å². The lowest BCUT2D eigenvalue weighted by Crippen LogP contribution is -2.25. The smallest absolute Gasteiger partial charge is 0.254 e. The van der Waals surface area contributed by atoms with Gasteiger partial charge in [-0.2, -0.15) is 5.10 Å². The highest BCUT2D eigenvalue weighted by molar-refractivity contribution is 6.31. The van der Waals surface area contributed by atoms with Gasteiger partial charge >= 0.3 is 0 Å². The van der Waals surface area contributed by atoms with Crippen molar-refractivity contribution in [3.63, 3.8) is 0 Å². The van der Waals surface area contributed by atoms with Crippen molar-refractivity contribution >= 4 is 23.2 Å². The fourth-order valence-corrected chi connectivity index (χ4v) is 3.44. The molecule has 2 heterocycles. The zero-order chi connectivity index (χ0) is 20.4. The number of ether oxygens (including phenoxy) is 1. The van der Waals surface area contributed by atoms with E-state index in [1.807, 2.05) is 49.4 Å². The number of nitrogens with one attached hydrogen (secondary N) is 1. The minimum atomic E-state index is -0.230. The second-order valence-electron chi connectivity index (χ2n) is 6.53. The van der Waals surface area contributed by atoms with Gasteiger partial charge in [0.05, 0.1) is 30.1 Å². The van der Waals surface area contributed by atoms with E-state index in [4.69, 9.17) is 16.3 Å². The molecule has 0 unspecified atom stereocenters. The van der Waals surface area contributed by atoms with Crippen molar-refractivity contribution in [2.75, 3.05) is 7.11 Å². The van der Waals surface area contributed by atoms with Gasteiger partial charge in [-0.15, -0.1) is 0 Å². The number of nitrogens with zero attached hydrogens (tertiary/aromatic N) is 3. The first-order chi connectivity index (χ1) is 14.1. The fourth-order valence-electron chi connectivity index (χ4n) is 3.24.